The molecule has 0 aromatic heterocycles. The van der Waals surface area contributed by atoms with Gasteiger partial charge in [-0.25, -0.2) is 9.29 Å². The number of hydrogen-bond acceptors (Lipinski definition) is 3. The number of carbonyl (C=O) groups excluding carboxylic acids is 2. The summed E-state index contributed by atoms with van der Waals surface area (Å²) in [5, 5.41) is 0.305. The number of para-hydroxylation sites is 1. The molecule has 1 atom stereocenters. The van der Waals surface area contributed by atoms with E-state index >= 15 is 0 Å². The molecule has 1 aliphatic rings. The van der Waals surface area contributed by atoms with Gasteiger partial charge in [0.15, 0.2) is 0 Å². The molecule has 1 saturated heterocycles. The second-order valence-corrected chi connectivity index (χ2v) is 6.60. The molecule has 0 bridgehead atoms. The molecule has 2 amide bonds. The summed E-state index contributed by atoms with van der Waals surface area (Å²) in [5.41, 5.74) is 1.77. The lowest BCUT2D eigenvalue weighted by Gasteiger charge is -2.24. The Morgan fingerprint density at radius 1 is 1.20 bits per heavy atom. The lowest BCUT2D eigenvalue weighted by Crippen LogP contribution is -2.40. The molecule has 6 heteroatoms. The number of amides is 2. The topological polar surface area (TPSA) is 40.6 Å². The average Bonchev–Trinajstić information content (AvgIpc) is 2.86. The largest absolute Gasteiger partial charge is 0.290 e. The molecule has 3 rings (SSSR count). The van der Waals surface area contributed by atoms with Crippen LogP contribution in [0.15, 0.2) is 42.5 Å². The van der Waals surface area contributed by atoms with E-state index in [1.165, 1.54) is 17.0 Å². The predicted octanol–water partition coefficient (Wildman–Crippen LogP) is 3.55. The van der Waals surface area contributed by atoms with Crippen LogP contribution < -0.4 is 4.90 Å². The number of carbonyl (C=O) groups is 2. The molecule has 2 aromatic carbocycles. The third-order valence-electron chi connectivity index (χ3n) is 4.48. The first-order valence-corrected chi connectivity index (χ1v) is 8.33. The molecule has 0 saturated carbocycles. The summed E-state index contributed by atoms with van der Waals surface area (Å²) in [7, 11) is 1.69. The van der Waals surface area contributed by atoms with Gasteiger partial charge in [-0.05, 0) is 37.7 Å². The molecule has 25 heavy (non-hydrogen) atoms. The minimum Gasteiger partial charge on any atom is -0.290 e. The van der Waals surface area contributed by atoms with Crippen LogP contribution >= 0.6 is 11.6 Å². The van der Waals surface area contributed by atoms with E-state index in [4.69, 9.17) is 11.6 Å². The number of imide groups is 1. The fourth-order valence-electron chi connectivity index (χ4n) is 3.07. The Labute approximate surface area is 150 Å². The zero-order chi connectivity index (χ0) is 18.1. The first kappa shape index (κ1) is 17.6. The van der Waals surface area contributed by atoms with E-state index in [1.807, 2.05) is 19.1 Å². The minimum absolute atomic E-state index is 0.0652. The quantitative estimate of drug-likeness (QED) is 0.783. The van der Waals surface area contributed by atoms with Crippen LogP contribution in [0.4, 0.5) is 10.1 Å². The Balaban J connectivity index is 1.83. The van der Waals surface area contributed by atoms with Crippen molar-refractivity contribution in [2.75, 3.05) is 11.9 Å². The van der Waals surface area contributed by atoms with Crippen LogP contribution in [0.2, 0.25) is 5.02 Å². The molecule has 1 aliphatic heterocycles. The molecular formula is C19H18ClFN2O2. The fourth-order valence-corrected chi connectivity index (χ4v) is 3.29. The van der Waals surface area contributed by atoms with Gasteiger partial charge in [0.1, 0.15) is 5.82 Å². The predicted molar refractivity (Wildman–Crippen MR) is 95.0 cm³/mol. The highest BCUT2D eigenvalue weighted by atomic mass is 35.5. The van der Waals surface area contributed by atoms with Crippen LogP contribution in [0.5, 0.6) is 0 Å². The first-order chi connectivity index (χ1) is 11.9. The summed E-state index contributed by atoms with van der Waals surface area (Å²) in [6.45, 7) is 2.00. The van der Waals surface area contributed by atoms with E-state index in [-0.39, 0.29) is 24.8 Å². The smallest absolute Gasteiger partial charge is 0.251 e. The van der Waals surface area contributed by atoms with Gasteiger partial charge in [-0.1, -0.05) is 35.9 Å². The Kier molecular flexibility index (Phi) is 4.88. The standard InChI is InChI=1S/C19H18ClFN2O2/c1-12-6-3-4-9-16(12)23-18(24)10-17(19(23)25)22(2)11-13-14(20)7-5-8-15(13)21/h3-9,17H,10-11H2,1-2H3. The van der Waals surface area contributed by atoms with Gasteiger partial charge in [0.25, 0.3) is 5.91 Å². The normalized spacial score (nSPS) is 17.6. The van der Waals surface area contributed by atoms with E-state index in [1.54, 1.807) is 30.1 Å². The van der Waals surface area contributed by atoms with Crippen LogP contribution in [-0.4, -0.2) is 29.8 Å². The maximum atomic E-state index is 14.0. The molecule has 1 heterocycles. The molecule has 0 spiro atoms. The molecule has 4 nitrogen and oxygen atoms in total. The number of halogens is 2. The number of nitrogens with zero attached hydrogens (tertiary/aromatic N) is 2. The van der Waals surface area contributed by atoms with Crippen molar-refractivity contribution >= 4 is 29.1 Å². The van der Waals surface area contributed by atoms with Crippen LogP contribution in [-0.2, 0) is 16.1 Å². The van der Waals surface area contributed by atoms with E-state index in [0.29, 0.717) is 16.3 Å². The zero-order valence-electron chi connectivity index (χ0n) is 14.0. The molecular weight excluding hydrogens is 343 g/mol. The van der Waals surface area contributed by atoms with E-state index in [9.17, 15) is 14.0 Å². The Morgan fingerprint density at radius 3 is 2.60 bits per heavy atom. The number of hydrogen-bond donors (Lipinski definition) is 0. The summed E-state index contributed by atoms with van der Waals surface area (Å²) in [5.74, 6) is -0.975. The maximum Gasteiger partial charge on any atom is 0.251 e. The Hall–Kier alpha value is -2.24. The van der Waals surface area contributed by atoms with Gasteiger partial charge < -0.3 is 0 Å². The van der Waals surface area contributed by atoms with Gasteiger partial charge in [-0.15, -0.1) is 0 Å². The number of likely N-dealkylation sites (N-methyl/N-ethyl adjacent to an activating group) is 1. The monoisotopic (exact) mass is 360 g/mol. The molecule has 130 valence electrons. The van der Waals surface area contributed by atoms with Gasteiger partial charge in [-0.2, -0.15) is 0 Å². The van der Waals surface area contributed by atoms with E-state index in [0.717, 1.165) is 5.56 Å². The highest BCUT2D eigenvalue weighted by Crippen LogP contribution is 2.29. The zero-order valence-corrected chi connectivity index (χ0v) is 14.8. The number of benzene rings is 2. The van der Waals surface area contributed by atoms with Crippen molar-refractivity contribution in [2.24, 2.45) is 0 Å². The lowest BCUT2D eigenvalue weighted by molar-refractivity contribution is -0.122. The van der Waals surface area contributed by atoms with Gasteiger partial charge in [0.2, 0.25) is 5.91 Å². The van der Waals surface area contributed by atoms with E-state index < -0.39 is 11.9 Å². The van der Waals surface area contributed by atoms with Crippen molar-refractivity contribution < 1.29 is 14.0 Å². The second-order valence-electron chi connectivity index (χ2n) is 6.19. The van der Waals surface area contributed by atoms with Gasteiger partial charge in [-0.3, -0.25) is 14.5 Å². The first-order valence-electron chi connectivity index (χ1n) is 7.95. The Morgan fingerprint density at radius 2 is 1.92 bits per heavy atom. The molecule has 0 aliphatic carbocycles. The molecule has 2 aromatic rings. The average molecular weight is 361 g/mol. The summed E-state index contributed by atoms with van der Waals surface area (Å²) in [4.78, 5) is 28.1. The third-order valence-corrected chi connectivity index (χ3v) is 4.83. The van der Waals surface area contributed by atoms with Crippen molar-refractivity contribution in [3.63, 3.8) is 0 Å². The van der Waals surface area contributed by atoms with Crippen molar-refractivity contribution in [1.82, 2.24) is 4.90 Å². The summed E-state index contributed by atoms with van der Waals surface area (Å²) >= 11 is 6.06. The number of aryl methyl sites for hydroxylation is 1. The third kappa shape index (κ3) is 3.30. The van der Waals surface area contributed by atoms with Crippen molar-refractivity contribution in [3.05, 3.63) is 64.4 Å². The van der Waals surface area contributed by atoms with Gasteiger partial charge >= 0.3 is 0 Å². The van der Waals surface area contributed by atoms with Crippen LogP contribution in [0, 0.1) is 12.7 Å². The van der Waals surface area contributed by atoms with Crippen molar-refractivity contribution in [1.29, 1.82) is 0 Å². The van der Waals surface area contributed by atoms with Crippen LogP contribution in [0.1, 0.15) is 17.5 Å². The highest BCUT2D eigenvalue weighted by molar-refractivity contribution is 6.31. The summed E-state index contributed by atoms with van der Waals surface area (Å²) < 4.78 is 14.0. The van der Waals surface area contributed by atoms with Gasteiger partial charge in [0, 0.05) is 17.1 Å². The van der Waals surface area contributed by atoms with Gasteiger partial charge in [0.05, 0.1) is 18.2 Å². The molecule has 0 N–H and O–H groups in total. The van der Waals surface area contributed by atoms with Crippen molar-refractivity contribution in [3.8, 4) is 0 Å². The van der Waals surface area contributed by atoms with E-state index in [2.05, 4.69) is 0 Å². The SMILES string of the molecule is Cc1ccccc1N1C(=O)CC(N(C)Cc2c(F)cccc2Cl)C1=O. The summed E-state index contributed by atoms with van der Waals surface area (Å²) in [6.07, 6.45) is 0.0652. The summed E-state index contributed by atoms with van der Waals surface area (Å²) in [6, 6.07) is 11.1. The lowest BCUT2D eigenvalue weighted by atomic mass is 10.1. The fraction of sp³-hybridized carbons (Fsp3) is 0.263. The number of anilines is 1. The van der Waals surface area contributed by atoms with Crippen molar-refractivity contribution in [2.45, 2.75) is 25.9 Å². The highest BCUT2D eigenvalue weighted by Gasteiger charge is 2.42. The Bertz CT molecular complexity index is 820. The maximum absolute atomic E-state index is 14.0. The van der Waals surface area contributed by atoms with Crippen LogP contribution in [0.25, 0.3) is 0 Å². The molecule has 1 fully saturated rings. The number of rotatable bonds is 4. The van der Waals surface area contributed by atoms with Crippen LogP contribution in [0.3, 0.4) is 0 Å². The molecule has 1 unspecified atom stereocenters. The molecule has 0 radical (unpaired) electrons. The second kappa shape index (κ2) is 6.94. The minimum atomic E-state index is -0.636.